The van der Waals surface area contributed by atoms with E-state index in [-0.39, 0.29) is 0 Å². The van der Waals surface area contributed by atoms with E-state index in [2.05, 4.69) is 314 Å². The molecule has 115 heavy (non-hydrogen) atoms. The zero-order valence-electron chi connectivity index (χ0n) is 61.8. The van der Waals surface area contributed by atoms with Crippen molar-refractivity contribution in [2.45, 2.75) is 0 Å². The molecule has 24 rings (SSSR count). The summed E-state index contributed by atoms with van der Waals surface area (Å²) < 4.78 is 21.8. The Balaban J connectivity index is 0.000000117. The molecule has 0 spiro atoms. The zero-order valence-corrected chi connectivity index (χ0v) is 63.4. The van der Waals surface area contributed by atoms with Crippen molar-refractivity contribution in [1.29, 1.82) is 0 Å². The number of hydrogen-bond acceptors (Lipinski definition) is 6. The third-order valence-electron chi connectivity index (χ3n) is 22.2. The van der Waals surface area contributed by atoms with E-state index >= 15 is 0 Å². The van der Waals surface area contributed by atoms with E-state index in [0.29, 0.717) is 5.82 Å². The summed E-state index contributed by atoms with van der Waals surface area (Å²) in [5, 5.41) is 14.1. The van der Waals surface area contributed by atoms with Crippen molar-refractivity contribution in [3.8, 4) is 84.9 Å². The molecule has 11 heteroatoms. The van der Waals surface area contributed by atoms with E-state index in [4.69, 9.17) is 28.8 Å². The molecule has 0 atom stereocenters. The van der Waals surface area contributed by atoms with Crippen molar-refractivity contribution >= 4 is 147 Å². The van der Waals surface area contributed by atoms with Crippen molar-refractivity contribution in [2.75, 3.05) is 0 Å². The molecule has 16 aromatic carbocycles. The molecule has 10 nitrogen and oxygen atoms in total. The highest BCUT2D eigenvalue weighted by molar-refractivity contribution is 9.10. The van der Waals surface area contributed by atoms with E-state index in [1.807, 2.05) is 109 Å². The Morgan fingerprint density at radius 3 is 1.01 bits per heavy atom. The summed E-state index contributed by atoms with van der Waals surface area (Å²) in [7, 11) is 0. The minimum absolute atomic E-state index is 0.684. The van der Waals surface area contributed by atoms with Crippen molar-refractivity contribution in [2.24, 2.45) is 0 Å². The number of benzene rings is 16. The summed E-state index contributed by atoms with van der Waals surface area (Å²) >= 11 is 3.48. The van der Waals surface area contributed by atoms with E-state index in [9.17, 15) is 0 Å². The first-order valence-corrected chi connectivity index (χ1v) is 39.3. The number of hydrogen-bond donors (Lipinski definition) is 1. The number of nitrogens with one attached hydrogen (secondary N) is 1. The van der Waals surface area contributed by atoms with Crippen LogP contribution in [0.15, 0.2) is 402 Å². The van der Waals surface area contributed by atoms with Crippen molar-refractivity contribution in [3.63, 3.8) is 0 Å². The van der Waals surface area contributed by atoms with Gasteiger partial charge in [0.25, 0.3) is 0 Å². The standard InChI is InChI=1S/C52H32N4O.C30H18N2O.C22H15BrN2/c1-4-16-33(17-5-1)41-32-42(34-18-6-2-7-19-34)54-52(53-41)35-28-30-37(31-29-35)55-43-25-13-10-22-38(43)46-47-40-24-12-15-27-45(40)57-51(47)50-48(49(46)55)39-23-11-14-26-44(39)56(50)36-20-8-3-9-21-36;1-2-10-18(11-3-1)32-23-16-8-5-13-20(23)27-28-25(19-12-4-7-15-22(19)31-28)26-21-14-6-9-17-24(21)33-30(26)29(27)32;23-19-13-11-18(12-14-19)22-24-20(16-7-3-1-4-8-16)15-21(25-22)17-9-5-2-6-10-17/h1-32H;1-17,31H;1-15H. The number of rotatable bonds is 9. The Morgan fingerprint density at radius 1 is 0.243 bits per heavy atom. The Labute approximate surface area is 667 Å². The second-order valence-electron chi connectivity index (χ2n) is 28.9. The molecular weight excluding hydrogens is 1470 g/mol. The Bertz CT molecular complexity index is 7750. The highest BCUT2D eigenvalue weighted by atomic mass is 79.9. The first kappa shape index (κ1) is 66.9. The lowest BCUT2D eigenvalue weighted by Gasteiger charge is -2.12. The number of furan rings is 2. The molecule has 0 unspecified atom stereocenters. The van der Waals surface area contributed by atoms with Gasteiger partial charge in [-0.25, -0.2) is 19.9 Å². The van der Waals surface area contributed by atoms with Gasteiger partial charge in [0.2, 0.25) is 0 Å². The number of aromatic nitrogens is 8. The highest BCUT2D eigenvalue weighted by Gasteiger charge is 2.30. The molecule has 0 amide bonds. The Kier molecular flexibility index (Phi) is 16.1. The van der Waals surface area contributed by atoms with Gasteiger partial charge in [0.15, 0.2) is 22.8 Å². The predicted molar refractivity (Wildman–Crippen MR) is 478 cm³/mol. The monoisotopic (exact) mass is 1540 g/mol. The van der Waals surface area contributed by atoms with Crippen LogP contribution in [0.25, 0.3) is 216 Å². The first-order valence-electron chi connectivity index (χ1n) is 38.5. The van der Waals surface area contributed by atoms with Crippen molar-refractivity contribution < 1.29 is 8.83 Å². The number of aromatic amines is 1. The maximum Gasteiger partial charge on any atom is 0.160 e. The third kappa shape index (κ3) is 11.3. The summed E-state index contributed by atoms with van der Waals surface area (Å²) in [4.78, 5) is 23.6. The van der Waals surface area contributed by atoms with E-state index in [1.54, 1.807) is 0 Å². The lowest BCUT2D eigenvalue weighted by Crippen LogP contribution is -1.98. The molecule has 8 aromatic heterocycles. The summed E-state index contributed by atoms with van der Waals surface area (Å²) in [6, 6.07) is 135. The van der Waals surface area contributed by atoms with Gasteiger partial charge in [0.05, 0.1) is 61.4 Å². The maximum atomic E-state index is 6.93. The van der Waals surface area contributed by atoms with Gasteiger partial charge in [-0.1, -0.05) is 295 Å². The minimum Gasteiger partial charge on any atom is -0.454 e. The van der Waals surface area contributed by atoms with Crippen LogP contribution in [0.1, 0.15) is 0 Å². The molecule has 0 fully saturated rings. The summed E-state index contributed by atoms with van der Waals surface area (Å²) in [5.41, 5.74) is 25.8. The molecule has 0 aliphatic heterocycles. The number of halogens is 1. The Hall–Kier alpha value is -15.0. The molecule has 0 saturated heterocycles. The quantitative estimate of drug-likeness (QED) is 0.154. The van der Waals surface area contributed by atoms with Gasteiger partial charge in [-0.15, -0.1) is 0 Å². The van der Waals surface area contributed by atoms with Crippen LogP contribution in [0, 0.1) is 0 Å². The van der Waals surface area contributed by atoms with Gasteiger partial charge in [0, 0.05) is 125 Å². The molecule has 24 aromatic rings. The fourth-order valence-electron chi connectivity index (χ4n) is 17.1. The molecular formula is C104H65BrN8O2. The normalized spacial score (nSPS) is 11.7. The number of para-hydroxylation sites is 8. The summed E-state index contributed by atoms with van der Waals surface area (Å²) in [6.45, 7) is 0. The largest absolute Gasteiger partial charge is 0.454 e. The van der Waals surface area contributed by atoms with Gasteiger partial charge in [-0.05, 0) is 109 Å². The number of H-pyrrole nitrogens is 1. The van der Waals surface area contributed by atoms with Gasteiger partial charge in [0.1, 0.15) is 11.2 Å². The average Bonchev–Trinajstić information content (AvgIpc) is 1.52. The molecule has 0 aliphatic rings. The van der Waals surface area contributed by atoms with Crippen LogP contribution < -0.4 is 0 Å². The zero-order chi connectivity index (χ0) is 76.0. The first-order chi connectivity index (χ1) is 57.0. The maximum absolute atomic E-state index is 6.93. The molecule has 540 valence electrons. The molecule has 8 heterocycles. The molecule has 1 N–H and O–H groups in total. The van der Waals surface area contributed by atoms with Crippen molar-refractivity contribution in [3.05, 3.63) is 393 Å². The summed E-state index contributed by atoms with van der Waals surface area (Å²) in [5.74, 6) is 1.41. The summed E-state index contributed by atoms with van der Waals surface area (Å²) in [6.07, 6.45) is 0. The van der Waals surface area contributed by atoms with Gasteiger partial charge >= 0.3 is 0 Å². The smallest absolute Gasteiger partial charge is 0.160 e. The topological polar surface area (TPSA) is 108 Å². The second kappa shape index (κ2) is 27.8. The van der Waals surface area contributed by atoms with Crippen molar-refractivity contribution in [1.82, 2.24) is 38.6 Å². The van der Waals surface area contributed by atoms with Crippen LogP contribution in [0.5, 0.6) is 0 Å². The second-order valence-corrected chi connectivity index (χ2v) is 29.8. The van der Waals surface area contributed by atoms with Crippen LogP contribution in [-0.2, 0) is 0 Å². The van der Waals surface area contributed by atoms with E-state index in [1.165, 1.54) is 48.6 Å². The highest BCUT2D eigenvalue weighted by Crippen LogP contribution is 2.51. The SMILES string of the molecule is Brc1ccc(-c2nc(-c3ccccc3)cc(-c3ccccc3)n2)cc1.c1ccc(-c2cc(-c3ccccc3)nc(-c3ccc(-n4c5ccccc5c5c6c7ccccc7oc6c6c(c7ccccc7n6-c6ccccc6)c54)cc3)n2)cc1.c1ccc(-n2c3ccccc3c3c4[nH]c5ccccc5c4c4c5ccccc5oc4c32)cc1. The van der Waals surface area contributed by atoms with E-state index < -0.39 is 0 Å². The molecule has 0 aliphatic carbocycles. The number of fused-ring (bicyclic) bond motifs is 24. The third-order valence-corrected chi connectivity index (χ3v) is 22.7. The van der Waals surface area contributed by atoms with E-state index in [0.717, 1.165) is 166 Å². The van der Waals surface area contributed by atoms with Gasteiger partial charge in [-0.2, -0.15) is 0 Å². The van der Waals surface area contributed by atoms with Crippen LogP contribution in [-0.4, -0.2) is 38.6 Å². The lowest BCUT2D eigenvalue weighted by atomic mass is 10.0. The lowest BCUT2D eigenvalue weighted by molar-refractivity contribution is 0.671. The van der Waals surface area contributed by atoms with Crippen LogP contribution in [0.2, 0.25) is 0 Å². The molecule has 0 saturated carbocycles. The minimum atomic E-state index is 0.684. The fourth-order valence-corrected chi connectivity index (χ4v) is 17.4. The molecule has 0 bridgehead atoms. The Morgan fingerprint density at radius 2 is 0.565 bits per heavy atom. The molecule has 0 radical (unpaired) electrons. The fraction of sp³-hybridized carbons (Fsp3) is 0. The van der Waals surface area contributed by atoms with Gasteiger partial charge in [-0.3, -0.25) is 0 Å². The van der Waals surface area contributed by atoms with Crippen LogP contribution >= 0.6 is 15.9 Å². The van der Waals surface area contributed by atoms with Gasteiger partial charge < -0.3 is 27.5 Å². The predicted octanol–water partition coefficient (Wildman–Crippen LogP) is 28.1. The van der Waals surface area contributed by atoms with Crippen LogP contribution in [0.4, 0.5) is 0 Å². The average molecular weight is 1540 g/mol. The number of nitrogens with zero attached hydrogens (tertiary/aromatic N) is 7. The van der Waals surface area contributed by atoms with Crippen LogP contribution in [0.3, 0.4) is 0 Å².